The van der Waals surface area contributed by atoms with Crippen LogP contribution >= 0.6 is 47.5 Å². The summed E-state index contributed by atoms with van der Waals surface area (Å²) in [5, 5.41) is 6.19. The van der Waals surface area contributed by atoms with E-state index in [0.717, 1.165) is 46.5 Å². The molecule has 1 saturated heterocycles. The third kappa shape index (κ3) is 4.45. The van der Waals surface area contributed by atoms with Crippen molar-refractivity contribution in [2.24, 2.45) is 5.92 Å². The second-order valence-corrected chi connectivity index (χ2v) is 7.32. The number of hydrogen-bond donors (Lipinski definition) is 1. The standard InChI is InChI=1S/C15H19N3OS2.2ClH/c1-10-13(21-14(17-10)12-4-3-7-20-12)15(19)18-6-5-11(9-18)8-16-2;;/h3-4,7,11,16H,5-6,8-9H2,1-2H3;2*1H. The van der Waals surface area contributed by atoms with Crippen LogP contribution in [0.3, 0.4) is 0 Å². The molecule has 1 fully saturated rings. The molecule has 4 nitrogen and oxygen atoms in total. The van der Waals surface area contributed by atoms with Crippen LogP contribution in [0.2, 0.25) is 0 Å². The maximum absolute atomic E-state index is 12.7. The van der Waals surface area contributed by atoms with Crippen LogP contribution in [0.5, 0.6) is 0 Å². The number of carbonyl (C=O) groups is 1. The summed E-state index contributed by atoms with van der Waals surface area (Å²) in [7, 11) is 1.96. The maximum atomic E-state index is 12.7. The molecule has 1 unspecified atom stereocenters. The van der Waals surface area contributed by atoms with Gasteiger partial charge < -0.3 is 10.2 Å². The second-order valence-electron chi connectivity index (χ2n) is 5.37. The molecule has 1 N–H and O–H groups in total. The Bertz CT molecular complexity index is 631. The second kappa shape index (κ2) is 8.99. The van der Waals surface area contributed by atoms with Crippen LogP contribution in [-0.4, -0.2) is 42.5 Å². The number of halogens is 2. The quantitative estimate of drug-likeness (QED) is 0.860. The van der Waals surface area contributed by atoms with Crippen molar-refractivity contribution in [1.29, 1.82) is 0 Å². The third-order valence-electron chi connectivity index (χ3n) is 3.79. The van der Waals surface area contributed by atoms with Crippen molar-refractivity contribution in [3.63, 3.8) is 0 Å². The zero-order valence-corrected chi connectivity index (χ0v) is 16.3. The van der Waals surface area contributed by atoms with Crippen molar-refractivity contribution in [3.05, 3.63) is 28.1 Å². The van der Waals surface area contributed by atoms with E-state index in [1.54, 1.807) is 11.3 Å². The molecule has 0 aromatic carbocycles. The predicted molar refractivity (Wildman–Crippen MR) is 103 cm³/mol. The van der Waals surface area contributed by atoms with E-state index in [4.69, 9.17) is 0 Å². The number of amides is 1. The van der Waals surface area contributed by atoms with Crippen molar-refractivity contribution in [1.82, 2.24) is 15.2 Å². The monoisotopic (exact) mass is 393 g/mol. The number of nitrogens with zero attached hydrogens (tertiary/aromatic N) is 2. The van der Waals surface area contributed by atoms with Crippen LogP contribution in [0.4, 0.5) is 0 Å². The minimum Gasteiger partial charge on any atom is -0.338 e. The van der Waals surface area contributed by atoms with Gasteiger partial charge in [-0.05, 0) is 44.3 Å². The molecule has 3 heterocycles. The Morgan fingerprint density at radius 1 is 1.48 bits per heavy atom. The zero-order valence-electron chi connectivity index (χ0n) is 13.1. The molecule has 0 radical (unpaired) electrons. The number of carbonyl (C=O) groups excluding carboxylic acids is 1. The molecule has 1 aliphatic heterocycles. The molecule has 3 rings (SSSR count). The molecule has 1 amide bonds. The number of likely N-dealkylation sites (tertiary alicyclic amines) is 1. The summed E-state index contributed by atoms with van der Waals surface area (Å²) in [6.07, 6.45) is 1.09. The fraction of sp³-hybridized carbons (Fsp3) is 0.467. The van der Waals surface area contributed by atoms with E-state index in [0.29, 0.717) is 5.92 Å². The van der Waals surface area contributed by atoms with Gasteiger partial charge in [0.05, 0.1) is 10.6 Å². The van der Waals surface area contributed by atoms with E-state index < -0.39 is 0 Å². The first-order valence-electron chi connectivity index (χ1n) is 7.14. The third-order valence-corrected chi connectivity index (χ3v) is 5.97. The summed E-state index contributed by atoms with van der Waals surface area (Å²) in [5.41, 5.74) is 0.852. The van der Waals surface area contributed by atoms with Crippen molar-refractivity contribution >= 4 is 53.4 Å². The highest BCUT2D eigenvalue weighted by atomic mass is 35.5. The Morgan fingerprint density at radius 2 is 2.26 bits per heavy atom. The average molecular weight is 394 g/mol. The van der Waals surface area contributed by atoms with Crippen LogP contribution in [0.1, 0.15) is 21.8 Å². The molecule has 1 aliphatic rings. The molecule has 0 bridgehead atoms. The summed E-state index contributed by atoms with van der Waals surface area (Å²) in [6.45, 7) is 4.62. The summed E-state index contributed by atoms with van der Waals surface area (Å²) >= 11 is 3.18. The number of thiazole rings is 1. The molecule has 0 spiro atoms. The SMILES string of the molecule is CNCC1CCN(C(=O)c2sc(-c3cccs3)nc2C)C1.Cl.Cl. The van der Waals surface area contributed by atoms with Gasteiger partial charge in [-0.15, -0.1) is 47.5 Å². The molecule has 2 aromatic rings. The van der Waals surface area contributed by atoms with E-state index in [2.05, 4.69) is 16.4 Å². The fourth-order valence-electron chi connectivity index (χ4n) is 2.72. The van der Waals surface area contributed by atoms with Gasteiger partial charge in [-0.1, -0.05) is 6.07 Å². The number of nitrogens with one attached hydrogen (secondary N) is 1. The number of hydrogen-bond acceptors (Lipinski definition) is 5. The fourth-order valence-corrected chi connectivity index (χ4v) is 4.55. The van der Waals surface area contributed by atoms with Gasteiger partial charge in [0.2, 0.25) is 0 Å². The lowest BCUT2D eigenvalue weighted by atomic mass is 10.1. The number of thiophene rings is 1. The highest BCUT2D eigenvalue weighted by Crippen LogP contribution is 2.32. The summed E-state index contributed by atoms with van der Waals surface area (Å²) in [6, 6.07) is 4.07. The van der Waals surface area contributed by atoms with E-state index >= 15 is 0 Å². The first-order chi connectivity index (χ1) is 10.2. The molecule has 0 saturated carbocycles. The summed E-state index contributed by atoms with van der Waals surface area (Å²) in [4.78, 5) is 21.2. The minimum absolute atomic E-state index is 0. The molecule has 8 heteroatoms. The first-order valence-corrected chi connectivity index (χ1v) is 8.84. The van der Waals surface area contributed by atoms with Crippen molar-refractivity contribution in [2.45, 2.75) is 13.3 Å². The highest BCUT2D eigenvalue weighted by Gasteiger charge is 2.29. The Labute approximate surface area is 157 Å². The van der Waals surface area contributed by atoms with E-state index in [1.165, 1.54) is 11.3 Å². The van der Waals surface area contributed by atoms with Gasteiger partial charge in [0.15, 0.2) is 0 Å². The van der Waals surface area contributed by atoms with Gasteiger partial charge in [0, 0.05) is 13.1 Å². The molecule has 0 aliphatic carbocycles. The number of rotatable bonds is 4. The lowest BCUT2D eigenvalue weighted by Gasteiger charge is -2.15. The normalized spacial score (nSPS) is 16.8. The maximum Gasteiger partial charge on any atom is 0.265 e. The Hall–Kier alpha value is -0.660. The van der Waals surface area contributed by atoms with Gasteiger partial charge in [-0.25, -0.2) is 4.98 Å². The average Bonchev–Trinajstić information content (AvgIpc) is 3.17. The van der Waals surface area contributed by atoms with Crippen LogP contribution in [0, 0.1) is 12.8 Å². The Balaban J connectivity index is 0.00000132. The molecule has 128 valence electrons. The largest absolute Gasteiger partial charge is 0.338 e. The van der Waals surface area contributed by atoms with Crippen molar-refractivity contribution in [3.8, 4) is 9.88 Å². The molecular formula is C15H21Cl2N3OS2. The number of aromatic nitrogens is 1. The minimum atomic E-state index is 0. The molecule has 1 atom stereocenters. The number of aryl methyl sites for hydroxylation is 1. The van der Waals surface area contributed by atoms with E-state index in [-0.39, 0.29) is 30.7 Å². The zero-order chi connectivity index (χ0) is 14.8. The summed E-state index contributed by atoms with van der Waals surface area (Å²) < 4.78 is 0. The van der Waals surface area contributed by atoms with Crippen molar-refractivity contribution < 1.29 is 4.79 Å². The van der Waals surface area contributed by atoms with Gasteiger partial charge in [0.1, 0.15) is 9.88 Å². The van der Waals surface area contributed by atoms with Gasteiger partial charge >= 0.3 is 0 Å². The van der Waals surface area contributed by atoms with Crippen molar-refractivity contribution in [2.75, 3.05) is 26.7 Å². The lowest BCUT2D eigenvalue weighted by Crippen LogP contribution is -2.30. The van der Waals surface area contributed by atoms with Gasteiger partial charge in [-0.3, -0.25) is 4.79 Å². The summed E-state index contributed by atoms with van der Waals surface area (Å²) in [5.74, 6) is 0.718. The first kappa shape index (κ1) is 20.4. The van der Waals surface area contributed by atoms with Gasteiger partial charge in [-0.2, -0.15) is 0 Å². The van der Waals surface area contributed by atoms with Crippen LogP contribution < -0.4 is 5.32 Å². The lowest BCUT2D eigenvalue weighted by molar-refractivity contribution is 0.0791. The van der Waals surface area contributed by atoms with Crippen LogP contribution in [-0.2, 0) is 0 Å². The smallest absolute Gasteiger partial charge is 0.265 e. The van der Waals surface area contributed by atoms with E-state index in [9.17, 15) is 4.79 Å². The predicted octanol–water partition coefficient (Wildman–Crippen LogP) is 3.71. The Morgan fingerprint density at radius 3 is 2.91 bits per heavy atom. The topological polar surface area (TPSA) is 45.2 Å². The molecule has 23 heavy (non-hydrogen) atoms. The Kier molecular flexibility index (Phi) is 7.97. The molecule has 2 aromatic heterocycles. The van der Waals surface area contributed by atoms with Crippen LogP contribution in [0.25, 0.3) is 9.88 Å². The molecular weight excluding hydrogens is 373 g/mol. The van der Waals surface area contributed by atoms with Crippen LogP contribution in [0.15, 0.2) is 17.5 Å². The van der Waals surface area contributed by atoms with E-state index in [1.807, 2.05) is 30.3 Å². The van der Waals surface area contributed by atoms with Gasteiger partial charge in [0.25, 0.3) is 5.91 Å². The highest BCUT2D eigenvalue weighted by molar-refractivity contribution is 7.22.